The highest BCUT2D eigenvalue weighted by Gasteiger charge is 2.10. The molecule has 0 spiro atoms. The smallest absolute Gasteiger partial charge is 0.237 e. The summed E-state index contributed by atoms with van der Waals surface area (Å²) in [6.07, 6.45) is 0.232. The predicted molar refractivity (Wildman–Crippen MR) is 72.7 cm³/mol. The van der Waals surface area contributed by atoms with E-state index >= 15 is 0 Å². The van der Waals surface area contributed by atoms with Crippen molar-refractivity contribution in [3.63, 3.8) is 0 Å². The van der Waals surface area contributed by atoms with Crippen LogP contribution >= 0.6 is 11.6 Å². The maximum Gasteiger partial charge on any atom is 0.237 e. The monoisotopic (exact) mass is 270 g/mol. The third-order valence-electron chi connectivity index (χ3n) is 2.66. The van der Waals surface area contributed by atoms with Gasteiger partial charge in [-0.1, -0.05) is 25.4 Å². The zero-order valence-electron chi connectivity index (χ0n) is 10.9. The topological polar surface area (TPSA) is 64.3 Å². The molecule has 0 bridgehead atoms. The van der Waals surface area contributed by atoms with E-state index in [2.05, 4.69) is 19.3 Å². The summed E-state index contributed by atoms with van der Waals surface area (Å²) in [5.41, 5.74) is 4.06. The Labute approximate surface area is 112 Å². The first kappa shape index (κ1) is 14.8. The van der Waals surface area contributed by atoms with Gasteiger partial charge in [0.25, 0.3) is 0 Å². The van der Waals surface area contributed by atoms with Gasteiger partial charge >= 0.3 is 0 Å². The number of benzene rings is 1. The van der Waals surface area contributed by atoms with Crippen molar-refractivity contribution in [1.29, 1.82) is 0 Å². The van der Waals surface area contributed by atoms with E-state index in [4.69, 9.17) is 22.2 Å². The zero-order valence-corrected chi connectivity index (χ0v) is 11.7. The molecule has 3 N–H and O–H groups in total. The Morgan fingerprint density at radius 3 is 2.72 bits per heavy atom. The molecule has 0 aliphatic heterocycles. The van der Waals surface area contributed by atoms with E-state index in [9.17, 15) is 4.79 Å². The minimum atomic E-state index is -0.245. The second kappa shape index (κ2) is 6.61. The Kier molecular flexibility index (Phi) is 5.44. The molecule has 100 valence electrons. The normalized spacial score (nSPS) is 10.6. The third-order valence-corrected chi connectivity index (χ3v) is 2.99. The molecule has 0 radical (unpaired) electrons. The lowest BCUT2D eigenvalue weighted by molar-refractivity contribution is -0.121. The van der Waals surface area contributed by atoms with Crippen LogP contribution in [0.25, 0.3) is 0 Å². The van der Waals surface area contributed by atoms with Crippen LogP contribution in [0.15, 0.2) is 12.1 Å². The first-order chi connectivity index (χ1) is 8.45. The van der Waals surface area contributed by atoms with Crippen LogP contribution in [-0.4, -0.2) is 12.5 Å². The van der Waals surface area contributed by atoms with E-state index in [0.717, 1.165) is 21.9 Å². The molecule has 0 aromatic heterocycles. The van der Waals surface area contributed by atoms with Gasteiger partial charge < -0.3 is 4.74 Å². The number of nitrogens with one attached hydrogen (secondary N) is 1. The van der Waals surface area contributed by atoms with Crippen molar-refractivity contribution >= 4 is 17.5 Å². The SMILES string of the molecule is Cc1cc(Cl)c(C(C)C)cc1OCCC(=O)NN. The Balaban J connectivity index is 2.76. The molecule has 0 fully saturated rings. The van der Waals surface area contributed by atoms with Crippen LogP contribution in [0.3, 0.4) is 0 Å². The molecule has 1 aromatic rings. The summed E-state index contributed by atoms with van der Waals surface area (Å²) < 4.78 is 5.58. The maximum atomic E-state index is 11.0. The summed E-state index contributed by atoms with van der Waals surface area (Å²) in [5.74, 6) is 5.83. The van der Waals surface area contributed by atoms with Crippen molar-refractivity contribution in [2.75, 3.05) is 6.61 Å². The fraction of sp³-hybridized carbons (Fsp3) is 0.462. The van der Waals surface area contributed by atoms with E-state index in [-0.39, 0.29) is 12.3 Å². The van der Waals surface area contributed by atoms with Gasteiger partial charge in [0.2, 0.25) is 5.91 Å². The number of rotatable bonds is 5. The van der Waals surface area contributed by atoms with Crippen molar-refractivity contribution in [3.05, 3.63) is 28.3 Å². The van der Waals surface area contributed by atoms with Crippen molar-refractivity contribution in [1.82, 2.24) is 5.43 Å². The van der Waals surface area contributed by atoms with Gasteiger partial charge in [-0.25, -0.2) is 5.84 Å². The lowest BCUT2D eigenvalue weighted by atomic mass is 10.0. The minimum absolute atomic E-state index is 0.232. The van der Waals surface area contributed by atoms with Gasteiger partial charge in [-0.2, -0.15) is 0 Å². The molecule has 0 heterocycles. The highest BCUT2D eigenvalue weighted by atomic mass is 35.5. The van der Waals surface area contributed by atoms with Crippen molar-refractivity contribution in [2.24, 2.45) is 5.84 Å². The molecular weight excluding hydrogens is 252 g/mol. The van der Waals surface area contributed by atoms with E-state index < -0.39 is 0 Å². The third kappa shape index (κ3) is 3.89. The van der Waals surface area contributed by atoms with Gasteiger partial charge in [-0.05, 0) is 36.1 Å². The highest BCUT2D eigenvalue weighted by Crippen LogP contribution is 2.31. The average Bonchev–Trinajstić information content (AvgIpc) is 2.31. The largest absolute Gasteiger partial charge is 0.493 e. The molecule has 0 aliphatic rings. The Morgan fingerprint density at radius 2 is 2.17 bits per heavy atom. The molecule has 0 saturated heterocycles. The van der Waals surface area contributed by atoms with Gasteiger partial charge in [-0.3, -0.25) is 10.2 Å². The van der Waals surface area contributed by atoms with Crippen LogP contribution in [0, 0.1) is 6.92 Å². The van der Waals surface area contributed by atoms with Crippen molar-refractivity contribution in [2.45, 2.75) is 33.1 Å². The molecule has 1 amide bonds. The van der Waals surface area contributed by atoms with E-state index in [0.29, 0.717) is 12.5 Å². The first-order valence-corrected chi connectivity index (χ1v) is 6.25. The van der Waals surface area contributed by atoms with E-state index in [1.165, 1.54) is 0 Å². The molecule has 1 rings (SSSR count). The molecule has 0 atom stereocenters. The molecular formula is C13H19ClN2O2. The Bertz CT molecular complexity index is 433. The molecule has 4 nitrogen and oxygen atoms in total. The molecule has 18 heavy (non-hydrogen) atoms. The van der Waals surface area contributed by atoms with Gasteiger partial charge in [0.15, 0.2) is 0 Å². The summed E-state index contributed by atoms with van der Waals surface area (Å²) in [7, 11) is 0. The van der Waals surface area contributed by atoms with E-state index in [1.54, 1.807) is 0 Å². The summed E-state index contributed by atoms with van der Waals surface area (Å²) in [6, 6.07) is 3.82. The van der Waals surface area contributed by atoms with Crippen LogP contribution < -0.4 is 16.0 Å². The minimum Gasteiger partial charge on any atom is -0.493 e. The van der Waals surface area contributed by atoms with Gasteiger partial charge in [0.1, 0.15) is 5.75 Å². The number of hydrazine groups is 1. The number of nitrogens with two attached hydrogens (primary N) is 1. The van der Waals surface area contributed by atoms with Crippen molar-refractivity contribution < 1.29 is 9.53 Å². The van der Waals surface area contributed by atoms with Crippen LogP contribution in [0.1, 0.15) is 37.3 Å². The maximum absolute atomic E-state index is 11.0. The summed E-state index contributed by atoms with van der Waals surface area (Å²) in [4.78, 5) is 11.0. The standard InChI is InChI=1S/C13H19ClN2O2/c1-8(2)10-7-12(9(3)6-11(10)14)18-5-4-13(17)16-15/h6-8H,4-5,15H2,1-3H3,(H,16,17). The van der Waals surface area contributed by atoms with Crippen molar-refractivity contribution in [3.8, 4) is 5.75 Å². The quantitative estimate of drug-likeness (QED) is 0.491. The first-order valence-electron chi connectivity index (χ1n) is 5.88. The fourth-order valence-electron chi connectivity index (χ4n) is 1.59. The molecule has 0 unspecified atom stereocenters. The van der Waals surface area contributed by atoms with Crippen LogP contribution in [0.5, 0.6) is 5.75 Å². The molecule has 5 heteroatoms. The summed E-state index contributed by atoms with van der Waals surface area (Å²) in [5, 5.41) is 0.745. The predicted octanol–water partition coefficient (Wildman–Crippen LogP) is 2.53. The number of carbonyl (C=O) groups is 1. The second-order valence-corrected chi connectivity index (χ2v) is 4.87. The van der Waals surface area contributed by atoms with Gasteiger partial charge in [-0.15, -0.1) is 0 Å². The summed E-state index contributed by atoms with van der Waals surface area (Å²) in [6.45, 7) is 6.36. The van der Waals surface area contributed by atoms with Crippen LogP contribution in [-0.2, 0) is 4.79 Å². The zero-order chi connectivity index (χ0) is 13.7. The van der Waals surface area contributed by atoms with Gasteiger partial charge in [0.05, 0.1) is 13.0 Å². The Morgan fingerprint density at radius 1 is 1.50 bits per heavy atom. The lowest BCUT2D eigenvalue weighted by Crippen LogP contribution is -2.31. The molecule has 0 saturated carbocycles. The average molecular weight is 271 g/mol. The number of halogens is 1. The molecule has 1 aromatic carbocycles. The number of ether oxygens (including phenoxy) is 1. The number of hydrogen-bond acceptors (Lipinski definition) is 3. The second-order valence-electron chi connectivity index (χ2n) is 4.46. The Hall–Kier alpha value is -1.26. The van der Waals surface area contributed by atoms with Crippen LogP contribution in [0.4, 0.5) is 0 Å². The lowest BCUT2D eigenvalue weighted by Gasteiger charge is -2.14. The molecule has 0 aliphatic carbocycles. The number of carbonyl (C=O) groups excluding carboxylic acids is 1. The summed E-state index contributed by atoms with van der Waals surface area (Å²) >= 11 is 6.17. The highest BCUT2D eigenvalue weighted by molar-refractivity contribution is 6.31. The van der Waals surface area contributed by atoms with Gasteiger partial charge in [0, 0.05) is 5.02 Å². The van der Waals surface area contributed by atoms with E-state index in [1.807, 2.05) is 19.1 Å². The number of hydrogen-bond donors (Lipinski definition) is 2. The number of amides is 1. The van der Waals surface area contributed by atoms with Crippen LogP contribution in [0.2, 0.25) is 5.02 Å². The fourth-order valence-corrected chi connectivity index (χ4v) is 2.03. The number of aryl methyl sites for hydroxylation is 1.